The molecule has 124 valence electrons. The van der Waals surface area contributed by atoms with Crippen molar-refractivity contribution >= 4 is 23.5 Å². The van der Waals surface area contributed by atoms with Gasteiger partial charge < -0.3 is 10.1 Å². The van der Waals surface area contributed by atoms with E-state index in [0.29, 0.717) is 17.5 Å². The van der Waals surface area contributed by atoms with E-state index in [2.05, 4.69) is 5.32 Å². The van der Waals surface area contributed by atoms with Crippen molar-refractivity contribution in [2.24, 2.45) is 5.92 Å². The lowest BCUT2D eigenvalue weighted by molar-refractivity contribution is -0.145. The summed E-state index contributed by atoms with van der Waals surface area (Å²) >= 11 is 5.95. The number of carbonyl (C=O) groups excluding carboxylic acids is 2. The van der Waals surface area contributed by atoms with Gasteiger partial charge in [0.05, 0.1) is 12.0 Å². The monoisotopic (exact) mass is 335 g/mol. The lowest BCUT2D eigenvalue weighted by Gasteiger charge is -2.28. The third kappa shape index (κ3) is 3.86. The summed E-state index contributed by atoms with van der Waals surface area (Å²) < 4.78 is 5.16. The second-order valence-electron chi connectivity index (χ2n) is 6.61. The minimum absolute atomic E-state index is 0.0547. The van der Waals surface area contributed by atoms with E-state index in [9.17, 15) is 9.59 Å². The molecule has 3 rings (SSSR count). The number of benzene rings is 1. The van der Waals surface area contributed by atoms with Crippen LogP contribution in [0.3, 0.4) is 0 Å². The van der Waals surface area contributed by atoms with E-state index in [-0.39, 0.29) is 18.4 Å². The Labute approximate surface area is 141 Å². The smallest absolute Gasteiger partial charge is 0.325 e. The summed E-state index contributed by atoms with van der Waals surface area (Å²) in [6.07, 6.45) is 5.91. The number of amides is 1. The van der Waals surface area contributed by atoms with Gasteiger partial charge in [0.2, 0.25) is 5.91 Å². The van der Waals surface area contributed by atoms with Gasteiger partial charge in [0.25, 0.3) is 0 Å². The zero-order valence-corrected chi connectivity index (χ0v) is 13.9. The molecule has 1 amide bonds. The average molecular weight is 336 g/mol. The lowest BCUT2D eigenvalue weighted by Crippen LogP contribution is -2.44. The molecular formula is C18H22ClNO3. The Morgan fingerprint density at radius 2 is 1.83 bits per heavy atom. The van der Waals surface area contributed by atoms with Gasteiger partial charge in [0.1, 0.15) is 6.54 Å². The Morgan fingerprint density at radius 3 is 2.43 bits per heavy atom. The molecule has 2 aliphatic rings. The molecule has 23 heavy (non-hydrogen) atoms. The van der Waals surface area contributed by atoms with Gasteiger partial charge in [0, 0.05) is 5.02 Å². The number of hydrogen-bond donors (Lipinski definition) is 1. The quantitative estimate of drug-likeness (QED) is 0.812. The second kappa shape index (κ2) is 6.91. The molecule has 1 N–H and O–H groups in total. The van der Waals surface area contributed by atoms with Gasteiger partial charge in [0.15, 0.2) is 0 Å². The largest absolute Gasteiger partial charge is 0.464 e. The minimum Gasteiger partial charge on any atom is -0.464 e. The highest BCUT2D eigenvalue weighted by Gasteiger charge is 2.42. The third-order valence-electron chi connectivity index (χ3n) is 4.86. The number of hydrogen-bond acceptors (Lipinski definition) is 3. The first-order valence-corrected chi connectivity index (χ1v) is 8.68. The maximum absolute atomic E-state index is 12.8. The SMILES string of the molecule is O=C(CNC(=O)C1(c2ccc(Cl)cc2)CCCC1)OCC1CC1. The van der Waals surface area contributed by atoms with Crippen molar-refractivity contribution in [3.8, 4) is 0 Å². The van der Waals surface area contributed by atoms with Gasteiger partial charge >= 0.3 is 5.97 Å². The standard InChI is InChI=1S/C18H22ClNO3/c19-15-7-5-14(6-8-15)18(9-1-2-10-18)17(22)20-11-16(21)23-12-13-3-4-13/h5-8,13H,1-4,9-12H2,(H,20,22). The molecule has 2 aliphatic carbocycles. The highest BCUT2D eigenvalue weighted by Crippen LogP contribution is 2.41. The Bertz CT molecular complexity index is 574. The van der Waals surface area contributed by atoms with Gasteiger partial charge in [-0.15, -0.1) is 0 Å². The molecule has 0 bridgehead atoms. The zero-order chi connectivity index (χ0) is 16.3. The fourth-order valence-electron chi connectivity index (χ4n) is 3.26. The Morgan fingerprint density at radius 1 is 1.17 bits per heavy atom. The Balaban J connectivity index is 1.61. The number of rotatable bonds is 6. The first kappa shape index (κ1) is 16.3. The maximum Gasteiger partial charge on any atom is 0.325 e. The normalized spacial score (nSPS) is 19.3. The van der Waals surface area contributed by atoms with E-state index >= 15 is 0 Å². The molecule has 4 nitrogen and oxygen atoms in total. The summed E-state index contributed by atoms with van der Waals surface area (Å²) in [5.74, 6) is 0.0973. The van der Waals surface area contributed by atoms with Crippen molar-refractivity contribution in [1.29, 1.82) is 0 Å². The van der Waals surface area contributed by atoms with Gasteiger partial charge in [-0.1, -0.05) is 36.6 Å². The van der Waals surface area contributed by atoms with Crippen molar-refractivity contribution in [3.05, 3.63) is 34.9 Å². The molecule has 0 atom stereocenters. The number of esters is 1. The molecule has 0 aromatic heterocycles. The van der Waals surface area contributed by atoms with Crippen LogP contribution in [0.5, 0.6) is 0 Å². The molecule has 5 heteroatoms. The molecule has 0 radical (unpaired) electrons. The number of halogens is 1. The van der Waals surface area contributed by atoms with E-state index in [1.807, 2.05) is 24.3 Å². The molecule has 0 saturated heterocycles. The molecular weight excluding hydrogens is 314 g/mol. The second-order valence-corrected chi connectivity index (χ2v) is 7.04. The van der Waals surface area contributed by atoms with E-state index in [1.165, 1.54) is 0 Å². The topological polar surface area (TPSA) is 55.4 Å². The van der Waals surface area contributed by atoms with Crippen LogP contribution in [0.25, 0.3) is 0 Å². The molecule has 0 aliphatic heterocycles. The lowest BCUT2D eigenvalue weighted by atomic mass is 9.78. The zero-order valence-electron chi connectivity index (χ0n) is 13.1. The van der Waals surface area contributed by atoms with Crippen LogP contribution in [0.4, 0.5) is 0 Å². The molecule has 1 aromatic rings. The van der Waals surface area contributed by atoms with Crippen LogP contribution < -0.4 is 5.32 Å². The van der Waals surface area contributed by atoms with Gasteiger partial charge in [-0.25, -0.2) is 0 Å². The highest BCUT2D eigenvalue weighted by molar-refractivity contribution is 6.30. The highest BCUT2D eigenvalue weighted by atomic mass is 35.5. The van der Waals surface area contributed by atoms with Gasteiger partial charge in [-0.05, 0) is 49.3 Å². The fourth-order valence-corrected chi connectivity index (χ4v) is 3.39. The van der Waals surface area contributed by atoms with E-state index < -0.39 is 5.41 Å². The maximum atomic E-state index is 12.8. The van der Waals surface area contributed by atoms with Crippen LogP contribution in [-0.2, 0) is 19.7 Å². The van der Waals surface area contributed by atoms with Crippen molar-refractivity contribution in [2.75, 3.05) is 13.2 Å². The molecule has 0 spiro atoms. The predicted octanol–water partition coefficient (Wildman–Crippen LogP) is 3.22. The molecule has 2 saturated carbocycles. The van der Waals surface area contributed by atoms with Crippen LogP contribution >= 0.6 is 11.6 Å². The van der Waals surface area contributed by atoms with Crippen LogP contribution in [-0.4, -0.2) is 25.0 Å². The summed E-state index contributed by atoms with van der Waals surface area (Å²) in [5, 5.41) is 3.43. The van der Waals surface area contributed by atoms with Gasteiger partial charge in [-0.3, -0.25) is 9.59 Å². The van der Waals surface area contributed by atoms with Crippen LogP contribution in [0.15, 0.2) is 24.3 Å². The minimum atomic E-state index is -0.540. The molecule has 0 unspecified atom stereocenters. The predicted molar refractivity (Wildman–Crippen MR) is 88.3 cm³/mol. The summed E-state index contributed by atoms with van der Waals surface area (Å²) in [4.78, 5) is 24.5. The Kier molecular flexibility index (Phi) is 4.90. The molecule has 1 aromatic carbocycles. The van der Waals surface area contributed by atoms with Crippen LogP contribution in [0.1, 0.15) is 44.1 Å². The van der Waals surface area contributed by atoms with Crippen molar-refractivity contribution in [1.82, 2.24) is 5.32 Å². The summed E-state index contributed by atoms with van der Waals surface area (Å²) in [5.41, 5.74) is 0.435. The first-order chi connectivity index (χ1) is 11.1. The van der Waals surface area contributed by atoms with Crippen LogP contribution in [0, 0.1) is 5.92 Å². The van der Waals surface area contributed by atoms with Gasteiger partial charge in [-0.2, -0.15) is 0 Å². The summed E-state index contributed by atoms with van der Waals surface area (Å²) in [6.45, 7) is 0.428. The van der Waals surface area contributed by atoms with E-state index in [0.717, 1.165) is 44.1 Å². The molecule has 0 heterocycles. The summed E-state index contributed by atoms with van der Waals surface area (Å²) in [6, 6.07) is 7.46. The van der Waals surface area contributed by atoms with Crippen LogP contribution in [0.2, 0.25) is 5.02 Å². The first-order valence-electron chi connectivity index (χ1n) is 8.30. The summed E-state index contributed by atoms with van der Waals surface area (Å²) in [7, 11) is 0. The number of nitrogens with one attached hydrogen (secondary N) is 1. The van der Waals surface area contributed by atoms with Crippen molar-refractivity contribution in [2.45, 2.75) is 43.9 Å². The fraction of sp³-hybridized carbons (Fsp3) is 0.556. The number of carbonyl (C=O) groups is 2. The van der Waals surface area contributed by atoms with E-state index in [4.69, 9.17) is 16.3 Å². The Hall–Kier alpha value is -1.55. The third-order valence-corrected chi connectivity index (χ3v) is 5.11. The average Bonchev–Trinajstić information content (AvgIpc) is 3.26. The van der Waals surface area contributed by atoms with Crippen molar-refractivity contribution < 1.29 is 14.3 Å². The molecule has 2 fully saturated rings. The van der Waals surface area contributed by atoms with Crippen molar-refractivity contribution in [3.63, 3.8) is 0 Å². The number of ether oxygens (including phenoxy) is 1. The van der Waals surface area contributed by atoms with E-state index in [1.54, 1.807) is 0 Å².